The first-order valence-electron chi connectivity index (χ1n) is 8.14. The van der Waals surface area contributed by atoms with E-state index in [2.05, 4.69) is 5.32 Å². The monoisotopic (exact) mass is 342 g/mol. The summed E-state index contributed by atoms with van der Waals surface area (Å²) in [4.78, 5) is 24.8. The fourth-order valence-corrected chi connectivity index (χ4v) is 2.39. The van der Waals surface area contributed by atoms with Crippen LogP contribution >= 0.6 is 0 Å². The van der Waals surface area contributed by atoms with E-state index in [0.29, 0.717) is 23.7 Å². The van der Waals surface area contributed by atoms with E-state index in [1.54, 1.807) is 23.1 Å². The second-order valence-corrected chi connectivity index (χ2v) is 5.56. The molecule has 132 valence electrons. The number of aliphatic carboxylic acids is 1. The first-order valence-corrected chi connectivity index (χ1v) is 8.14. The van der Waals surface area contributed by atoms with E-state index in [0.717, 1.165) is 6.42 Å². The molecular formula is C19H22N2O4. The Labute approximate surface area is 147 Å². The topological polar surface area (TPSA) is 78.9 Å². The number of carboxylic acids is 1. The molecule has 0 radical (unpaired) electrons. The predicted molar refractivity (Wildman–Crippen MR) is 96.0 cm³/mol. The van der Waals surface area contributed by atoms with E-state index >= 15 is 0 Å². The number of carbonyl (C=O) groups is 2. The Balaban J connectivity index is 2.04. The Morgan fingerprint density at radius 2 is 1.72 bits per heavy atom. The summed E-state index contributed by atoms with van der Waals surface area (Å²) in [5, 5.41) is 11.7. The fraction of sp³-hybridized carbons (Fsp3) is 0.263. The van der Waals surface area contributed by atoms with Gasteiger partial charge in [0.05, 0.1) is 18.8 Å². The minimum absolute atomic E-state index is 0.0137. The van der Waals surface area contributed by atoms with E-state index in [4.69, 9.17) is 9.84 Å². The largest absolute Gasteiger partial charge is 0.480 e. The number of rotatable bonds is 9. The molecule has 0 unspecified atom stereocenters. The highest BCUT2D eigenvalue weighted by molar-refractivity contribution is 5.94. The standard InChI is InChI=1S/C19H22N2O4/c1-2-12-21(14-19(23)24)13-18(22)20-16-10-6-7-11-17(16)25-15-8-4-3-5-9-15/h3-11H,2,12-14H2,1H3,(H,20,22)(H,23,24). The number of benzene rings is 2. The number of hydrogen-bond acceptors (Lipinski definition) is 4. The van der Waals surface area contributed by atoms with Gasteiger partial charge in [0.25, 0.3) is 0 Å². The first kappa shape index (κ1) is 18.5. The van der Waals surface area contributed by atoms with Crippen molar-refractivity contribution in [3.05, 3.63) is 54.6 Å². The van der Waals surface area contributed by atoms with Crippen molar-refractivity contribution >= 4 is 17.6 Å². The summed E-state index contributed by atoms with van der Waals surface area (Å²) in [6, 6.07) is 16.4. The highest BCUT2D eigenvalue weighted by Crippen LogP contribution is 2.28. The summed E-state index contributed by atoms with van der Waals surface area (Å²) in [6.45, 7) is 2.33. The molecule has 0 spiro atoms. The lowest BCUT2D eigenvalue weighted by Gasteiger charge is -2.19. The maximum Gasteiger partial charge on any atom is 0.317 e. The van der Waals surface area contributed by atoms with Crippen molar-refractivity contribution in [1.29, 1.82) is 0 Å². The summed E-state index contributed by atoms with van der Waals surface area (Å²) in [5.74, 6) is -0.0297. The van der Waals surface area contributed by atoms with Crippen LogP contribution in [0.2, 0.25) is 0 Å². The van der Waals surface area contributed by atoms with Gasteiger partial charge in [-0.25, -0.2) is 0 Å². The molecule has 2 aromatic rings. The molecular weight excluding hydrogens is 320 g/mol. The number of nitrogens with one attached hydrogen (secondary N) is 1. The molecule has 25 heavy (non-hydrogen) atoms. The number of anilines is 1. The minimum atomic E-state index is -0.950. The summed E-state index contributed by atoms with van der Waals surface area (Å²) in [6.07, 6.45) is 0.772. The van der Waals surface area contributed by atoms with Crippen molar-refractivity contribution < 1.29 is 19.4 Å². The second kappa shape index (κ2) is 9.44. The number of hydrogen-bond donors (Lipinski definition) is 2. The highest BCUT2D eigenvalue weighted by atomic mass is 16.5. The fourth-order valence-electron chi connectivity index (χ4n) is 2.39. The maximum absolute atomic E-state index is 12.3. The minimum Gasteiger partial charge on any atom is -0.480 e. The average Bonchev–Trinajstić information content (AvgIpc) is 2.57. The molecule has 0 atom stereocenters. The smallest absolute Gasteiger partial charge is 0.317 e. The van der Waals surface area contributed by atoms with Gasteiger partial charge in [-0.2, -0.15) is 0 Å². The van der Waals surface area contributed by atoms with E-state index < -0.39 is 5.97 Å². The van der Waals surface area contributed by atoms with E-state index in [1.165, 1.54) is 0 Å². The van der Waals surface area contributed by atoms with Gasteiger partial charge in [-0.15, -0.1) is 0 Å². The molecule has 0 aliphatic heterocycles. The summed E-state index contributed by atoms with van der Waals surface area (Å²) >= 11 is 0. The lowest BCUT2D eigenvalue weighted by atomic mass is 10.2. The van der Waals surface area contributed by atoms with Gasteiger partial charge in [-0.3, -0.25) is 14.5 Å². The van der Waals surface area contributed by atoms with Crippen LogP contribution in [0.5, 0.6) is 11.5 Å². The van der Waals surface area contributed by atoms with Crippen molar-refractivity contribution in [2.45, 2.75) is 13.3 Å². The SMILES string of the molecule is CCCN(CC(=O)O)CC(=O)Nc1ccccc1Oc1ccccc1. The third-order valence-corrected chi connectivity index (χ3v) is 3.40. The van der Waals surface area contributed by atoms with Gasteiger partial charge in [-0.1, -0.05) is 37.3 Å². The molecule has 2 rings (SSSR count). The van der Waals surface area contributed by atoms with Crippen molar-refractivity contribution in [3.8, 4) is 11.5 Å². The molecule has 0 heterocycles. The second-order valence-electron chi connectivity index (χ2n) is 5.56. The predicted octanol–water partition coefficient (Wildman–Crippen LogP) is 3.21. The Morgan fingerprint density at radius 1 is 1.04 bits per heavy atom. The lowest BCUT2D eigenvalue weighted by molar-refractivity contribution is -0.138. The molecule has 0 aliphatic carbocycles. The van der Waals surface area contributed by atoms with Gasteiger partial charge in [0.2, 0.25) is 5.91 Å². The van der Waals surface area contributed by atoms with Crippen molar-refractivity contribution in [2.24, 2.45) is 0 Å². The molecule has 2 N–H and O–H groups in total. The van der Waals surface area contributed by atoms with Gasteiger partial charge in [0.1, 0.15) is 5.75 Å². The number of amides is 1. The van der Waals surface area contributed by atoms with Crippen LogP contribution in [0.4, 0.5) is 5.69 Å². The molecule has 0 fully saturated rings. The third-order valence-electron chi connectivity index (χ3n) is 3.40. The molecule has 0 aromatic heterocycles. The van der Waals surface area contributed by atoms with Crippen molar-refractivity contribution in [1.82, 2.24) is 4.90 Å². The van der Waals surface area contributed by atoms with Crippen LogP contribution in [0.25, 0.3) is 0 Å². The van der Waals surface area contributed by atoms with Gasteiger partial charge in [0.15, 0.2) is 5.75 Å². The number of ether oxygens (including phenoxy) is 1. The summed E-state index contributed by atoms with van der Waals surface area (Å²) in [5.41, 5.74) is 0.545. The van der Waals surface area contributed by atoms with Crippen molar-refractivity contribution in [2.75, 3.05) is 25.0 Å². The molecule has 6 heteroatoms. The maximum atomic E-state index is 12.3. The third kappa shape index (κ3) is 6.27. The molecule has 2 aromatic carbocycles. The average molecular weight is 342 g/mol. The zero-order valence-electron chi connectivity index (χ0n) is 14.1. The molecule has 1 amide bonds. The van der Waals surface area contributed by atoms with Crippen LogP contribution in [0.1, 0.15) is 13.3 Å². The number of carboxylic acid groups (broad SMARTS) is 1. The highest BCUT2D eigenvalue weighted by Gasteiger charge is 2.15. The number of para-hydroxylation sites is 3. The van der Waals surface area contributed by atoms with E-state index in [9.17, 15) is 9.59 Å². The van der Waals surface area contributed by atoms with Crippen LogP contribution in [0, 0.1) is 0 Å². The molecule has 0 bridgehead atoms. The van der Waals surface area contributed by atoms with E-state index in [1.807, 2.05) is 43.3 Å². The Bertz CT molecular complexity index is 704. The van der Waals surface area contributed by atoms with Crippen LogP contribution in [0.3, 0.4) is 0 Å². The quantitative estimate of drug-likeness (QED) is 0.731. The Kier molecular flexibility index (Phi) is 6.98. The van der Waals surface area contributed by atoms with Gasteiger partial charge >= 0.3 is 5.97 Å². The first-order chi connectivity index (χ1) is 12.1. The Morgan fingerprint density at radius 3 is 2.40 bits per heavy atom. The zero-order valence-corrected chi connectivity index (χ0v) is 14.1. The Hall–Kier alpha value is -2.86. The molecule has 0 saturated heterocycles. The molecule has 0 aliphatic rings. The normalized spacial score (nSPS) is 10.5. The molecule has 0 saturated carbocycles. The molecule has 6 nitrogen and oxygen atoms in total. The zero-order chi connectivity index (χ0) is 18.1. The van der Waals surface area contributed by atoms with Crippen LogP contribution in [0.15, 0.2) is 54.6 Å². The van der Waals surface area contributed by atoms with Crippen LogP contribution in [-0.2, 0) is 9.59 Å². The van der Waals surface area contributed by atoms with E-state index in [-0.39, 0.29) is 19.0 Å². The lowest BCUT2D eigenvalue weighted by Crippen LogP contribution is -2.37. The van der Waals surface area contributed by atoms with Crippen LogP contribution < -0.4 is 10.1 Å². The number of carbonyl (C=O) groups excluding carboxylic acids is 1. The summed E-state index contributed by atoms with van der Waals surface area (Å²) < 4.78 is 5.80. The summed E-state index contributed by atoms with van der Waals surface area (Å²) in [7, 11) is 0. The van der Waals surface area contributed by atoms with Gasteiger partial charge in [0, 0.05) is 0 Å². The number of nitrogens with zero attached hydrogens (tertiary/aromatic N) is 1. The van der Waals surface area contributed by atoms with Gasteiger partial charge < -0.3 is 15.2 Å². The van der Waals surface area contributed by atoms with Gasteiger partial charge in [-0.05, 0) is 37.2 Å². The van der Waals surface area contributed by atoms with Crippen LogP contribution in [-0.4, -0.2) is 41.5 Å². The van der Waals surface area contributed by atoms with Crippen molar-refractivity contribution in [3.63, 3.8) is 0 Å².